The summed E-state index contributed by atoms with van der Waals surface area (Å²) in [5, 5.41) is 3.73. The number of carbonyl (C=O) groups is 1. The lowest BCUT2D eigenvalue weighted by molar-refractivity contribution is -0.114. The number of carbonyl (C=O) groups excluding carboxylic acids is 1. The summed E-state index contributed by atoms with van der Waals surface area (Å²) in [4.78, 5) is 17.9. The molecule has 1 aromatic heterocycles. The molecule has 6 nitrogen and oxygen atoms in total. The van der Waals surface area contributed by atoms with Crippen LogP contribution in [0.1, 0.15) is 11.1 Å². The Morgan fingerprint density at radius 1 is 0.865 bits per heavy atom. The molecular formula is C29H25N3O3S2. The third-order valence-electron chi connectivity index (χ3n) is 5.87. The first-order valence-corrected chi connectivity index (χ1v) is 14.0. The molecular weight excluding hydrogens is 502 g/mol. The number of nitrogens with zero attached hydrogens (tertiary/aromatic N) is 2. The second-order valence-electron chi connectivity index (χ2n) is 8.78. The molecule has 0 fully saturated rings. The van der Waals surface area contributed by atoms with Gasteiger partial charge in [0.15, 0.2) is 0 Å². The van der Waals surface area contributed by atoms with Gasteiger partial charge in [-0.3, -0.25) is 9.10 Å². The normalized spacial score (nSPS) is 11.4. The van der Waals surface area contributed by atoms with E-state index in [1.54, 1.807) is 59.9 Å². The van der Waals surface area contributed by atoms with Gasteiger partial charge >= 0.3 is 0 Å². The highest BCUT2D eigenvalue weighted by Gasteiger charge is 2.27. The van der Waals surface area contributed by atoms with Crippen molar-refractivity contribution in [1.29, 1.82) is 0 Å². The average Bonchev–Trinajstić information content (AvgIpc) is 3.31. The van der Waals surface area contributed by atoms with E-state index in [1.807, 2.05) is 37.3 Å². The van der Waals surface area contributed by atoms with Crippen LogP contribution < -0.4 is 9.62 Å². The monoisotopic (exact) mass is 527 g/mol. The molecule has 1 N–H and O–H groups in total. The number of hydrogen-bond acceptors (Lipinski definition) is 5. The molecule has 186 valence electrons. The third-order valence-corrected chi connectivity index (χ3v) is 8.72. The second-order valence-corrected chi connectivity index (χ2v) is 11.7. The fourth-order valence-electron chi connectivity index (χ4n) is 4.00. The summed E-state index contributed by atoms with van der Waals surface area (Å²) in [6.07, 6.45) is 0. The lowest BCUT2D eigenvalue weighted by Crippen LogP contribution is -2.38. The van der Waals surface area contributed by atoms with E-state index in [2.05, 4.69) is 18.3 Å². The molecule has 0 saturated heterocycles. The Morgan fingerprint density at radius 2 is 1.59 bits per heavy atom. The lowest BCUT2D eigenvalue weighted by atomic mass is 10.2. The molecule has 0 atom stereocenters. The molecule has 0 aliphatic rings. The van der Waals surface area contributed by atoms with Crippen molar-refractivity contribution < 1.29 is 13.2 Å². The molecule has 0 spiro atoms. The van der Waals surface area contributed by atoms with Gasteiger partial charge in [0.2, 0.25) is 5.91 Å². The molecule has 8 heteroatoms. The molecule has 4 aromatic carbocycles. The van der Waals surface area contributed by atoms with Crippen LogP contribution in [0.25, 0.3) is 20.8 Å². The van der Waals surface area contributed by atoms with Gasteiger partial charge in [0, 0.05) is 11.3 Å². The first kappa shape index (κ1) is 24.7. The van der Waals surface area contributed by atoms with Gasteiger partial charge in [0.25, 0.3) is 10.0 Å². The van der Waals surface area contributed by atoms with Crippen LogP contribution in [0.4, 0.5) is 11.4 Å². The topological polar surface area (TPSA) is 79.4 Å². The maximum absolute atomic E-state index is 13.5. The first-order chi connectivity index (χ1) is 17.8. The highest BCUT2D eigenvalue weighted by molar-refractivity contribution is 7.92. The van der Waals surface area contributed by atoms with E-state index in [9.17, 15) is 13.2 Å². The third kappa shape index (κ3) is 5.40. The van der Waals surface area contributed by atoms with Crippen molar-refractivity contribution in [2.45, 2.75) is 18.7 Å². The van der Waals surface area contributed by atoms with E-state index in [-0.39, 0.29) is 11.4 Å². The zero-order valence-corrected chi connectivity index (χ0v) is 22.0. The summed E-state index contributed by atoms with van der Waals surface area (Å²) < 4.78 is 29.2. The van der Waals surface area contributed by atoms with Crippen LogP contribution in [0.5, 0.6) is 0 Å². The Morgan fingerprint density at radius 3 is 2.32 bits per heavy atom. The quantitative estimate of drug-likeness (QED) is 0.265. The Balaban J connectivity index is 1.36. The Bertz CT molecular complexity index is 1680. The summed E-state index contributed by atoms with van der Waals surface area (Å²) >= 11 is 1.62. The number of nitrogens with one attached hydrogen (secondary N) is 1. The Kier molecular flexibility index (Phi) is 6.78. The van der Waals surface area contributed by atoms with E-state index in [4.69, 9.17) is 4.98 Å². The van der Waals surface area contributed by atoms with Gasteiger partial charge in [-0.15, -0.1) is 11.3 Å². The molecule has 5 rings (SSSR count). The number of aryl methyl sites for hydroxylation is 2. The smallest absolute Gasteiger partial charge is 0.264 e. The molecule has 5 aromatic rings. The zero-order valence-electron chi connectivity index (χ0n) is 20.4. The molecule has 1 heterocycles. The number of amides is 1. The summed E-state index contributed by atoms with van der Waals surface area (Å²) in [5.74, 6) is -0.441. The van der Waals surface area contributed by atoms with Crippen LogP contribution in [0.15, 0.2) is 102 Å². The predicted molar refractivity (Wildman–Crippen MR) is 151 cm³/mol. The fourth-order valence-corrected chi connectivity index (χ4v) is 6.50. The zero-order chi connectivity index (χ0) is 26.0. The first-order valence-electron chi connectivity index (χ1n) is 11.7. The summed E-state index contributed by atoms with van der Waals surface area (Å²) in [7, 11) is -3.95. The Hall–Kier alpha value is -4.01. The Labute approximate surface area is 220 Å². The summed E-state index contributed by atoms with van der Waals surface area (Å²) in [6.45, 7) is 3.58. The van der Waals surface area contributed by atoms with E-state index in [0.717, 1.165) is 30.7 Å². The fraction of sp³-hybridized carbons (Fsp3) is 0.103. The van der Waals surface area contributed by atoms with Gasteiger partial charge in [-0.05, 0) is 85.6 Å². The standard InChI is InChI=1S/C29H25N3O3S2/c1-20-7-6-8-24(17-20)32(37(34,35)25-9-4-3-5-10-25)19-28(33)30-23-14-12-22(13-15-23)29-31-26-16-11-21(2)18-27(26)36-29/h3-18H,19H2,1-2H3,(H,30,33). The predicted octanol–water partition coefficient (Wildman–Crippen LogP) is 6.41. The summed E-state index contributed by atoms with van der Waals surface area (Å²) in [5.41, 5.74) is 5.00. The van der Waals surface area contributed by atoms with Gasteiger partial charge in [-0.25, -0.2) is 13.4 Å². The van der Waals surface area contributed by atoms with Crippen molar-refractivity contribution in [3.63, 3.8) is 0 Å². The maximum Gasteiger partial charge on any atom is 0.264 e. The van der Waals surface area contributed by atoms with Crippen molar-refractivity contribution in [3.05, 3.63) is 108 Å². The van der Waals surface area contributed by atoms with Gasteiger partial charge in [-0.2, -0.15) is 0 Å². The van der Waals surface area contributed by atoms with Gasteiger partial charge in [-0.1, -0.05) is 36.4 Å². The van der Waals surface area contributed by atoms with Crippen LogP contribution in [0.2, 0.25) is 0 Å². The van der Waals surface area contributed by atoms with Gasteiger partial charge in [0.05, 0.1) is 20.8 Å². The minimum atomic E-state index is -3.95. The number of aromatic nitrogens is 1. The minimum absolute atomic E-state index is 0.125. The molecule has 0 aliphatic carbocycles. The van der Waals surface area contributed by atoms with Gasteiger partial charge in [0.1, 0.15) is 11.6 Å². The van der Waals surface area contributed by atoms with Crippen molar-refractivity contribution in [2.24, 2.45) is 0 Å². The van der Waals surface area contributed by atoms with Crippen molar-refractivity contribution in [2.75, 3.05) is 16.2 Å². The highest BCUT2D eigenvalue weighted by atomic mass is 32.2. The number of thiazole rings is 1. The second kappa shape index (κ2) is 10.2. The minimum Gasteiger partial charge on any atom is -0.325 e. The molecule has 0 aliphatic heterocycles. The molecule has 1 amide bonds. The number of fused-ring (bicyclic) bond motifs is 1. The van der Waals surface area contributed by atoms with E-state index >= 15 is 0 Å². The van der Waals surface area contributed by atoms with Crippen LogP contribution in [-0.4, -0.2) is 25.9 Å². The lowest BCUT2D eigenvalue weighted by Gasteiger charge is -2.24. The van der Waals surface area contributed by atoms with Gasteiger partial charge < -0.3 is 5.32 Å². The maximum atomic E-state index is 13.5. The van der Waals surface area contributed by atoms with Crippen LogP contribution in [0, 0.1) is 13.8 Å². The molecule has 37 heavy (non-hydrogen) atoms. The summed E-state index contributed by atoms with van der Waals surface area (Å²) in [6, 6.07) is 28.8. The number of hydrogen-bond donors (Lipinski definition) is 1. The van der Waals surface area contributed by atoms with E-state index in [1.165, 1.54) is 17.7 Å². The number of benzene rings is 4. The molecule has 0 unspecified atom stereocenters. The molecule has 0 bridgehead atoms. The number of anilines is 2. The van der Waals surface area contributed by atoms with Crippen molar-refractivity contribution in [3.8, 4) is 10.6 Å². The molecule has 0 radical (unpaired) electrons. The van der Waals surface area contributed by atoms with Crippen molar-refractivity contribution >= 4 is 48.9 Å². The SMILES string of the molecule is Cc1cccc(N(CC(=O)Nc2ccc(-c3nc4ccc(C)cc4s3)cc2)S(=O)(=O)c2ccccc2)c1. The van der Waals surface area contributed by atoms with Crippen LogP contribution >= 0.6 is 11.3 Å². The molecule has 0 saturated carbocycles. The average molecular weight is 528 g/mol. The van der Waals surface area contributed by atoms with Crippen molar-refractivity contribution in [1.82, 2.24) is 4.98 Å². The van der Waals surface area contributed by atoms with Crippen LogP contribution in [-0.2, 0) is 14.8 Å². The number of sulfonamides is 1. The van der Waals surface area contributed by atoms with E-state index in [0.29, 0.717) is 11.4 Å². The highest BCUT2D eigenvalue weighted by Crippen LogP contribution is 2.31. The van der Waals surface area contributed by atoms with Crippen LogP contribution in [0.3, 0.4) is 0 Å². The number of rotatable bonds is 7. The largest absolute Gasteiger partial charge is 0.325 e. The van der Waals surface area contributed by atoms with E-state index < -0.39 is 15.9 Å².